The van der Waals surface area contributed by atoms with Crippen LogP contribution in [0.5, 0.6) is 0 Å². The number of ether oxygens (including phenoxy) is 1. The second-order valence-electron chi connectivity index (χ2n) is 5.98. The van der Waals surface area contributed by atoms with E-state index in [1.807, 2.05) is 32.6 Å². The number of piperazine rings is 1. The van der Waals surface area contributed by atoms with Crippen molar-refractivity contribution >= 4 is 11.8 Å². The van der Waals surface area contributed by atoms with Crippen molar-refractivity contribution in [1.82, 2.24) is 15.3 Å². The number of carbonyl (C=O) groups is 1. The van der Waals surface area contributed by atoms with Crippen LogP contribution < -0.4 is 10.2 Å². The molecule has 1 atom stereocenters. The molecule has 0 aliphatic carbocycles. The first-order valence-electron chi connectivity index (χ1n) is 6.85. The van der Waals surface area contributed by atoms with Crippen molar-refractivity contribution in [3.8, 4) is 0 Å². The molecular weight excluding hydrogens is 256 g/mol. The van der Waals surface area contributed by atoms with Crippen LogP contribution in [0, 0.1) is 6.92 Å². The molecule has 0 aromatic carbocycles. The van der Waals surface area contributed by atoms with Crippen LogP contribution in [0.25, 0.3) is 0 Å². The highest BCUT2D eigenvalue weighted by Gasteiger charge is 2.33. The summed E-state index contributed by atoms with van der Waals surface area (Å²) in [6.45, 7) is 9.69. The summed E-state index contributed by atoms with van der Waals surface area (Å²) in [6, 6.07) is -0.350. The van der Waals surface area contributed by atoms with Gasteiger partial charge in [-0.15, -0.1) is 0 Å². The van der Waals surface area contributed by atoms with Crippen LogP contribution in [-0.4, -0.2) is 47.2 Å². The standard InChI is InChI=1S/C14H22N4O2/c1-10-7-16-9-17-12(10)18-6-5-15-8-11(18)13(19)20-14(2,3)4/h7,9,11,15H,5-6,8H2,1-4H3. The third-order valence-electron chi connectivity index (χ3n) is 3.06. The summed E-state index contributed by atoms with van der Waals surface area (Å²) in [5, 5.41) is 3.23. The van der Waals surface area contributed by atoms with Gasteiger partial charge in [-0.2, -0.15) is 0 Å². The maximum Gasteiger partial charge on any atom is 0.330 e. The van der Waals surface area contributed by atoms with Gasteiger partial charge in [-0.05, 0) is 27.7 Å². The zero-order valence-electron chi connectivity index (χ0n) is 12.5. The van der Waals surface area contributed by atoms with Gasteiger partial charge in [0.1, 0.15) is 23.8 Å². The number of hydrogen-bond acceptors (Lipinski definition) is 6. The van der Waals surface area contributed by atoms with Gasteiger partial charge in [0.25, 0.3) is 0 Å². The Hall–Kier alpha value is -1.69. The molecule has 20 heavy (non-hydrogen) atoms. The molecule has 0 bridgehead atoms. The number of anilines is 1. The molecule has 1 unspecified atom stereocenters. The van der Waals surface area contributed by atoms with Gasteiger partial charge in [0.15, 0.2) is 0 Å². The van der Waals surface area contributed by atoms with E-state index in [0.717, 1.165) is 24.5 Å². The quantitative estimate of drug-likeness (QED) is 0.811. The minimum absolute atomic E-state index is 0.220. The lowest BCUT2D eigenvalue weighted by Crippen LogP contribution is -2.57. The minimum Gasteiger partial charge on any atom is -0.458 e. The van der Waals surface area contributed by atoms with Gasteiger partial charge in [-0.1, -0.05) is 0 Å². The first kappa shape index (κ1) is 14.7. The monoisotopic (exact) mass is 278 g/mol. The number of carbonyl (C=O) groups excluding carboxylic acids is 1. The lowest BCUT2D eigenvalue weighted by molar-refractivity contribution is -0.156. The van der Waals surface area contributed by atoms with E-state index >= 15 is 0 Å². The van der Waals surface area contributed by atoms with E-state index in [0.29, 0.717) is 6.54 Å². The Kier molecular flexibility index (Phi) is 4.23. The molecule has 6 nitrogen and oxygen atoms in total. The van der Waals surface area contributed by atoms with Crippen molar-refractivity contribution < 1.29 is 9.53 Å². The van der Waals surface area contributed by atoms with Crippen LogP contribution in [0.1, 0.15) is 26.3 Å². The van der Waals surface area contributed by atoms with E-state index < -0.39 is 5.60 Å². The summed E-state index contributed by atoms with van der Waals surface area (Å²) >= 11 is 0. The van der Waals surface area contributed by atoms with Crippen LogP contribution in [0.15, 0.2) is 12.5 Å². The maximum atomic E-state index is 12.4. The summed E-state index contributed by atoms with van der Waals surface area (Å²) in [6.07, 6.45) is 3.27. The third-order valence-corrected chi connectivity index (χ3v) is 3.06. The average Bonchev–Trinajstić information content (AvgIpc) is 2.37. The highest BCUT2D eigenvalue weighted by atomic mass is 16.6. The number of rotatable bonds is 2. The van der Waals surface area contributed by atoms with E-state index in [1.54, 1.807) is 6.20 Å². The van der Waals surface area contributed by atoms with Crippen molar-refractivity contribution in [2.45, 2.75) is 39.3 Å². The van der Waals surface area contributed by atoms with Gasteiger partial charge < -0.3 is 15.0 Å². The molecule has 2 rings (SSSR count). The summed E-state index contributed by atoms with van der Waals surface area (Å²) < 4.78 is 5.50. The molecule has 1 aromatic rings. The molecule has 0 spiro atoms. The SMILES string of the molecule is Cc1cncnc1N1CCNCC1C(=O)OC(C)(C)C. The predicted octanol–water partition coefficient (Wildman–Crippen LogP) is 0.905. The Bertz CT molecular complexity index is 484. The predicted molar refractivity (Wildman–Crippen MR) is 76.6 cm³/mol. The van der Waals surface area contributed by atoms with Gasteiger partial charge >= 0.3 is 5.97 Å². The molecule has 1 aromatic heterocycles. The van der Waals surface area contributed by atoms with E-state index in [2.05, 4.69) is 15.3 Å². The number of aryl methyl sites for hydroxylation is 1. The summed E-state index contributed by atoms with van der Waals surface area (Å²) in [4.78, 5) is 22.7. The Morgan fingerprint density at radius 2 is 2.25 bits per heavy atom. The van der Waals surface area contributed by atoms with Crippen molar-refractivity contribution in [1.29, 1.82) is 0 Å². The van der Waals surface area contributed by atoms with Crippen molar-refractivity contribution in [2.24, 2.45) is 0 Å². The fourth-order valence-electron chi connectivity index (χ4n) is 2.23. The Morgan fingerprint density at radius 3 is 2.90 bits per heavy atom. The molecule has 0 saturated carbocycles. The first-order valence-corrected chi connectivity index (χ1v) is 6.85. The number of nitrogens with one attached hydrogen (secondary N) is 1. The lowest BCUT2D eigenvalue weighted by Gasteiger charge is -2.37. The van der Waals surface area contributed by atoms with Crippen LogP contribution in [0.3, 0.4) is 0 Å². The Balaban J connectivity index is 2.22. The molecule has 110 valence electrons. The summed E-state index contributed by atoms with van der Waals surface area (Å²) in [7, 11) is 0. The van der Waals surface area contributed by atoms with Gasteiger partial charge in [0.05, 0.1) is 0 Å². The molecule has 0 amide bonds. The molecule has 1 N–H and O–H groups in total. The Labute approximate surface area is 119 Å². The summed E-state index contributed by atoms with van der Waals surface area (Å²) in [5.41, 5.74) is 0.476. The second-order valence-corrected chi connectivity index (χ2v) is 5.98. The highest BCUT2D eigenvalue weighted by molar-refractivity contribution is 5.81. The van der Waals surface area contributed by atoms with Crippen LogP contribution >= 0.6 is 0 Å². The molecule has 1 fully saturated rings. The zero-order chi connectivity index (χ0) is 14.8. The third kappa shape index (κ3) is 3.45. The van der Waals surface area contributed by atoms with Gasteiger partial charge in [-0.3, -0.25) is 0 Å². The zero-order valence-corrected chi connectivity index (χ0v) is 12.5. The highest BCUT2D eigenvalue weighted by Crippen LogP contribution is 2.21. The molecular formula is C14H22N4O2. The first-order chi connectivity index (χ1) is 9.38. The Morgan fingerprint density at radius 1 is 1.50 bits per heavy atom. The second kappa shape index (κ2) is 5.75. The minimum atomic E-state index is -0.485. The maximum absolute atomic E-state index is 12.4. The van der Waals surface area contributed by atoms with Gasteiger partial charge in [0, 0.05) is 31.4 Å². The van der Waals surface area contributed by atoms with Crippen molar-refractivity contribution in [3.05, 3.63) is 18.1 Å². The normalized spacial score (nSPS) is 19.8. The van der Waals surface area contributed by atoms with Crippen LogP contribution in [0.2, 0.25) is 0 Å². The van der Waals surface area contributed by atoms with E-state index in [4.69, 9.17) is 4.74 Å². The number of nitrogens with zero attached hydrogens (tertiary/aromatic N) is 3. The average molecular weight is 278 g/mol. The molecule has 1 saturated heterocycles. The van der Waals surface area contributed by atoms with Crippen LogP contribution in [0.4, 0.5) is 5.82 Å². The fraction of sp³-hybridized carbons (Fsp3) is 0.643. The largest absolute Gasteiger partial charge is 0.458 e. The number of esters is 1. The van der Waals surface area contributed by atoms with E-state index in [-0.39, 0.29) is 12.0 Å². The van der Waals surface area contributed by atoms with Crippen LogP contribution in [-0.2, 0) is 9.53 Å². The topological polar surface area (TPSA) is 67.4 Å². The molecule has 0 radical (unpaired) electrons. The smallest absolute Gasteiger partial charge is 0.330 e. The van der Waals surface area contributed by atoms with Gasteiger partial charge in [-0.25, -0.2) is 14.8 Å². The van der Waals surface area contributed by atoms with E-state index in [9.17, 15) is 4.79 Å². The van der Waals surface area contributed by atoms with E-state index in [1.165, 1.54) is 6.33 Å². The van der Waals surface area contributed by atoms with Crippen molar-refractivity contribution in [2.75, 3.05) is 24.5 Å². The molecule has 1 aliphatic rings. The number of hydrogen-bond donors (Lipinski definition) is 1. The summed E-state index contributed by atoms with van der Waals surface area (Å²) in [5.74, 6) is 0.583. The lowest BCUT2D eigenvalue weighted by atomic mass is 10.1. The molecule has 6 heteroatoms. The fourth-order valence-corrected chi connectivity index (χ4v) is 2.23. The molecule has 1 aliphatic heterocycles. The van der Waals surface area contributed by atoms with Gasteiger partial charge in [0.2, 0.25) is 0 Å². The van der Waals surface area contributed by atoms with Crippen molar-refractivity contribution in [3.63, 3.8) is 0 Å². The molecule has 2 heterocycles. The number of aromatic nitrogens is 2.